The van der Waals surface area contributed by atoms with Crippen LogP contribution in [-0.4, -0.2) is 6.54 Å². The summed E-state index contributed by atoms with van der Waals surface area (Å²) >= 11 is 0. The van der Waals surface area contributed by atoms with Crippen molar-refractivity contribution in [1.29, 1.82) is 0 Å². The third-order valence-electron chi connectivity index (χ3n) is 2.62. The Kier molecular flexibility index (Phi) is 1.96. The minimum absolute atomic E-state index is 0.0491. The molecule has 1 aliphatic heterocycles. The molecule has 2 atom stereocenters. The molecule has 1 heterocycles. The number of benzene rings is 1. The maximum atomic E-state index is 13.3. The Balaban J connectivity index is 2.49. The van der Waals surface area contributed by atoms with E-state index < -0.39 is 0 Å². The molecule has 1 aromatic rings. The van der Waals surface area contributed by atoms with Gasteiger partial charge in [-0.3, -0.25) is 0 Å². The molecule has 0 spiro atoms. The van der Waals surface area contributed by atoms with Crippen LogP contribution in [0.5, 0.6) is 0 Å². The SMILES string of the molecule is CC1CNc2c(F)cccc2C1N. The Morgan fingerprint density at radius 2 is 2.31 bits per heavy atom. The molecule has 0 radical (unpaired) electrons. The first-order valence-corrected chi connectivity index (χ1v) is 4.48. The molecular formula is C10H13FN2. The Morgan fingerprint density at radius 3 is 3.08 bits per heavy atom. The highest BCUT2D eigenvalue weighted by Crippen LogP contribution is 2.32. The minimum Gasteiger partial charge on any atom is -0.382 e. The van der Waals surface area contributed by atoms with Crippen LogP contribution in [0.1, 0.15) is 18.5 Å². The molecule has 1 aliphatic rings. The van der Waals surface area contributed by atoms with E-state index in [9.17, 15) is 4.39 Å². The monoisotopic (exact) mass is 180 g/mol. The van der Waals surface area contributed by atoms with Crippen LogP contribution in [0.2, 0.25) is 0 Å². The molecule has 2 rings (SSSR count). The lowest BCUT2D eigenvalue weighted by molar-refractivity contribution is 0.472. The first-order valence-electron chi connectivity index (χ1n) is 4.48. The molecule has 3 heteroatoms. The van der Waals surface area contributed by atoms with Crippen molar-refractivity contribution < 1.29 is 4.39 Å². The maximum Gasteiger partial charge on any atom is 0.146 e. The van der Waals surface area contributed by atoms with Crippen LogP contribution in [0.25, 0.3) is 0 Å². The summed E-state index contributed by atoms with van der Waals surface area (Å²) in [5, 5.41) is 3.06. The van der Waals surface area contributed by atoms with Gasteiger partial charge in [0, 0.05) is 12.6 Å². The number of anilines is 1. The largest absolute Gasteiger partial charge is 0.382 e. The van der Waals surface area contributed by atoms with Crippen molar-refractivity contribution in [3.8, 4) is 0 Å². The molecule has 2 unspecified atom stereocenters. The Labute approximate surface area is 76.9 Å². The Hall–Kier alpha value is -1.09. The summed E-state index contributed by atoms with van der Waals surface area (Å²) in [7, 11) is 0. The van der Waals surface area contributed by atoms with Crippen molar-refractivity contribution in [1.82, 2.24) is 0 Å². The average molecular weight is 180 g/mol. The zero-order chi connectivity index (χ0) is 9.42. The van der Waals surface area contributed by atoms with Crippen LogP contribution in [0.15, 0.2) is 18.2 Å². The zero-order valence-electron chi connectivity index (χ0n) is 7.55. The van der Waals surface area contributed by atoms with E-state index in [1.165, 1.54) is 6.07 Å². The fraction of sp³-hybridized carbons (Fsp3) is 0.400. The number of hydrogen-bond donors (Lipinski definition) is 2. The smallest absolute Gasteiger partial charge is 0.146 e. The molecule has 70 valence electrons. The quantitative estimate of drug-likeness (QED) is 0.639. The number of hydrogen-bond acceptors (Lipinski definition) is 2. The summed E-state index contributed by atoms with van der Waals surface area (Å²) < 4.78 is 13.3. The highest BCUT2D eigenvalue weighted by atomic mass is 19.1. The lowest BCUT2D eigenvalue weighted by Gasteiger charge is -2.29. The number of rotatable bonds is 0. The molecule has 1 aromatic carbocycles. The molecule has 13 heavy (non-hydrogen) atoms. The van der Waals surface area contributed by atoms with Gasteiger partial charge in [-0.25, -0.2) is 4.39 Å². The Morgan fingerprint density at radius 1 is 1.54 bits per heavy atom. The third-order valence-corrected chi connectivity index (χ3v) is 2.62. The van der Waals surface area contributed by atoms with E-state index in [-0.39, 0.29) is 11.9 Å². The van der Waals surface area contributed by atoms with Crippen molar-refractivity contribution in [2.45, 2.75) is 13.0 Å². The van der Waals surface area contributed by atoms with Gasteiger partial charge in [0.25, 0.3) is 0 Å². The molecule has 0 amide bonds. The van der Waals surface area contributed by atoms with E-state index in [2.05, 4.69) is 12.2 Å². The van der Waals surface area contributed by atoms with Gasteiger partial charge in [-0.2, -0.15) is 0 Å². The summed E-state index contributed by atoms with van der Waals surface area (Å²) in [5.41, 5.74) is 7.42. The first-order chi connectivity index (χ1) is 6.20. The van der Waals surface area contributed by atoms with Gasteiger partial charge >= 0.3 is 0 Å². The highest BCUT2D eigenvalue weighted by molar-refractivity contribution is 5.55. The predicted octanol–water partition coefficient (Wildman–Crippen LogP) is 1.89. The fourth-order valence-corrected chi connectivity index (χ4v) is 1.70. The molecule has 3 N–H and O–H groups in total. The van der Waals surface area contributed by atoms with Gasteiger partial charge in [-0.1, -0.05) is 19.1 Å². The van der Waals surface area contributed by atoms with Crippen molar-refractivity contribution in [2.24, 2.45) is 11.7 Å². The normalized spacial score (nSPS) is 26.4. The molecular weight excluding hydrogens is 167 g/mol. The molecule has 0 saturated carbocycles. The van der Waals surface area contributed by atoms with Gasteiger partial charge in [-0.05, 0) is 17.5 Å². The predicted molar refractivity (Wildman–Crippen MR) is 51.0 cm³/mol. The van der Waals surface area contributed by atoms with Crippen LogP contribution in [0, 0.1) is 11.7 Å². The number of halogens is 1. The van der Waals surface area contributed by atoms with Crippen LogP contribution in [0.4, 0.5) is 10.1 Å². The molecule has 0 saturated heterocycles. The van der Waals surface area contributed by atoms with E-state index in [0.29, 0.717) is 11.6 Å². The standard InChI is InChI=1S/C10H13FN2/c1-6-5-13-10-7(9(6)12)3-2-4-8(10)11/h2-4,6,9,13H,5,12H2,1H3. The first kappa shape index (κ1) is 8.51. The second-order valence-electron chi connectivity index (χ2n) is 3.59. The fourth-order valence-electron chi connectivity index (χ4n) is 1.70. The van der Waals surface area contributed by atoms with E-state index in [4.69, 9.17) is 5.73 Å². The topological polar surface area (TPSA) is 38.0 Å². The molecule has 0 fully saturated rings. The lowest BCUT2D eigenvalue weighted by atomic mass is 9.90. The molecule has 0 aromatic heterocycles. The summed E-state index contributed by atoms with van der Waals surface area (Å²) in [6, 6.07) is 4.99. The van der Waals surface area contributed by atoms with Gasteiger partial charge in [0.05, 0.1) is 5.69 Å². The highest BCUT2D eigenvalue weighted by Gasteiger charge is 2.24. The summed E-state index contributed by atoms with van der Waals surface area (Å²) in [5.74, 6) is 0.147. The number of para-hydroxylation sites is 1. The number of nitrogens with one attached hydrogen (secondary N) is 1. The number of fused-ring (bicyclic) bond motifs is 1. The van der Waals surface area contributed by atoms with Crippen molar-refractivity contribution in [2.75, 3.05) is 11.9 Å². The van der Waals surface area contributed by atoms with Crippen molar-refractivity contribution in [3.63, 3.8) is 0 Å². The van der Waals surface area contributed by atoms with Crippen LogP contribution in [-0.2, 0) is 0 Å². The van der Waals surface area contributed by atoms with Crippen molar-refractivity contribution >= 4 is 5.69 Å². The number of nitrogens with two attached hydrogens (primary N) is 1. The van der Waals surface area contributed by atoms with Gasteiger partial charge in [0.2, 0.25) is 0 Å². The van der Waals surface area contributed by atoms with E-state index in [0.717, 1.165) is 12.1 Å². The summed E-state index contributed by atoms with van der Waals surface area (Å²) in [6.07, 6.45) is 0. The zero-order valence-corrected chi connectivity index (χ0v) is 7.55. The average Bonchev–Trinajstić information content (AvgIpc) is 2.12. The Bertz CT molecular complexity index is 325. The lowest BCUT2D eigenvalue weighted by Crippen LogP contribution is -2.31. The molecule has 0 bridgehead atoms. The molecule has 0 aliphatic carbocycles. The van der Waals surface area contributed by atoms with Crippen LogP contribution >= 0.6 is 0 Å². The minimum atomic E-state index is -0.208. The van der Waals surface area contributed by atoms with E-state index in [1.54, 1.807) is 6.07 Å². The second-order valence-corrected chi connectivity index (χ2v) is 3.59. The van der Waals surface area contributed by atoms with Gasteiger partial charge in [-0.15, -0.1) is 0 Å². The van der Waals surface area contributed by atoms with E-state index >= 15 is 0 Å². The maximum absolute atomic E-state index is 13.3. The third kappa shape index (κ3) is 1.29. The van der Waals surface area contributed by atoms with Gasteiger partial charge in [0.1, 0.15) is 5.82 Å². The summed E-state index contributed by atoms with van der Waals surface area (Å²) in [6.45, 7) is 2.81. The van der Waals surface area contributed by atoms with Crippen LogP contribution in [0.3, 0.4) is 0 Å². The van der Waals surface area contributed by atoms with Gasteiger partial charge < -0.3 is 11.1 Å². The van der Waals surface area contributed by atoms with Gasteiger partial charge in [0.15, 0.2) is 0 Å². The van der Waals surface area contributed by atoms with E-state index in [1.807, 2.05) is 6.07 Å². The van der Waals surface area contributed by atoms with Crippen LogP contribution < -0.4 is 11.1 Å². The second kappa shape index (κ2) is 3.00. The molecule has 2 nitrogen and oxygen atoms in total. The van der Waals surface area contributed by atoms with Crippen molar-refractivity contribution in [3.05, 3.63) is 29.6 Å². The summed E-state index contributed by atoms with van der Waals surface area (Å²) in [4.78, 5) is 0.